The molecule has 0 unspecified atom stereocenters. The molecular formula is C19H19N5O. The third kappa shape index (κ3) is 3.06. The number of nitrogens with zero attached hydrogens (tertiary/aromatic N) is 2. The van der Waals surface area contributed by atoms with Gasteiger partial charge in [-0.3, -0.25) is 5.10 Å². The minimum absolute atomic E-state index is 0.113. The fourth-order valence-electron chi connectivity index (χ4n) is 2.95. The summed E-state index contributed by atoms with van der Waals surface area (Å²) in [6, 6.07) is 17.4. The highest BCUT2D eigenvalue weighted by Gasteiger charge is 2.28. The quantitative estimate of drug-likeness (QED) is 0.678. The third-order valence-electron chi connectivity index (χ3n) is 4.36. The lowest BCUT2D eigenvalue weighted by Gasteiger charge is -2.17. The van der Waals surface area contributed by atoms with Crippen LogP contribution < -0.4 is 10.6 Å². The second kappa shape index (κ2) is 6.32. The molecule has 0 spiro atoms. The monoisotopic (exact) mass is 333 g/mol. The van der Waals surface area contributed by atoms with E-state index in [-0.39, 0.29) is 6.03 Å². The van der Waals surface area contributed by atoms with Crippen LogP contribution in [0.25, 0.3) is 0 Å². The van der Waals surface area contributed by atoms with Crippen LogP contribution in [0.5, 0.6) is 0 Å². The normalized spacial score (nSPS) is 12.8. The summed E-state index contributed by atoms with van der Waals surface area (Å²) in [5.41, 5.74) is 4.96. The van der Waals surface area contributed by atoms with E-state index >= 15 is 0 Å². The van der Waals surface area contributed by atoms with E-state index in [4.69, 9.17) is 0 Å². The number of aromatic amines is 1. The molecule has 3 aromatic rings. The van der Waals surface area contributed by atoms with Crippen molar-refractivity contribution in [3.8, 4) is 0 Å². The zero-order valence-electron chi connectivity index (χ0n) is 13.9. The molecule has 0 atom stereocenters. The Morgan fingerprint density at radius 3 is 2.64 bits per heavy atom. The van der Waals surface area contributed by atoms with Crippen molar-refractivity contribution in [3.63, 3.8) is 0 Å². The zero-order chi connectivity index (χ0) is 17.2. The number of nitrogens with one attached hydrogen (secondary N) is 3. The number of fused-ring (bicyclic) bond motifs is 1. The van der Waals surface area contributed by atoms with Crippen LogP contribution in [0.4, 0.5) is 22.0 Å². The Morgan fingerprint density at radius 2 is 1.84 bits per heavy atom. The third-order valence-corrected chi connectivity index (χ3v) is 4.36. The Morgan fingerprint density at radius 1 is 1.08 bits per heavy atom. The number of para-hydroxylation sites is 2. The molecule has 25 heavy (non-hydrogen) atoms. The molecule has 1 aliphatic heterocycles. The predicted molar refractivity (Wildman–Crippen MR) is 97.8 cm³/mol. The van der Waals surface area contributed by atoms with Gasteiger partial charge in [0, 0.05) is 16.9 Å². The summed E-state index contributed by atoms with van der Waals surface area (Å²) >= 11 is 0. The van der Waals surface area contributed by atoms with Gasteiger partial charge in [-0.25, -0.2) is 4.79 Å². The number of H-pyrrole nitrogens is 1. The molecule has 1 aliphatic rings. The van der Waals surface area contributed by atoms with E-state index in [9.17, 15) is 4.79 Å². The van der Waals surface area contributed by atoms with Crippen molar-refractivity contribution in [2.24, 2.45) is 0 Å². The number of urea groups is 1. The molecule has 6 heteroatoms. The van der Waals surface area contributed by atoms with Gasteiger partial charge in [-0.05, 0) is 30.7 Å². The van der Waals surface area contributed by atoms with Crippen LogP contribution in [0.15, 0.2) is 54.6 Å². The van der Waals surface area contributed by atoms with Gasteiger partial charge >= 0.3 is 6.03 Å². The van der Waals surface area contributed by atoms with Crippen LogP contribution >= 0.6 is 0 Å². The van der Waals surface area contributed by atoms with Crippen LogP contribution in [0.1, 0.15) is 16.8 Å². The average molecular weight is 333 g/mol. The Labute approximate surface area is 145 Å². The van der Waals surface area contributed by atoms with Crippen molar-refractivity contribution in [1.82, 2.24) is 15.1 Å². The van der Waals surface area contributed by atoms with Crippen LogP contribution in [0.2, 0.25) is 0 Å². The Kier molecular flexibility index (Phi) is 3.85. The Balaban J connectivity index is 1.47. The fourth-order valence-corrected chi connectivity index (χ4v) is 2.95. The van der Waals surface area contributed by atoms with E-state index in [1.165, 1.54) is 0 Å². The lowest BCUT2D eigenvalue weighted by molar-refractivity contribution is 0.212. The van der Waals surface area contributed by atoms with E-state index in [2.05, 4.69) is 33.8 Å². The van der Waals surface area contributed by atoms with Crippen molar-refractivity contribution in [2.45, 2.75) is 20.0 Å². The number of benzene rings is 2. The second-order valence-corrected chi connectivity index (χ2v) is 6.12. The first-order chi connectivity index (χ1) is 12.2. The average Bonchev–Trinajstić information content (AvgIpc) is 3.20. The number of amides is 2. The predicted octanol–water partition coefficient (Wildman–Crippen LogP) is 4.01. The van der Waals surface area contributed by atoms with E-state index in [0.29, 0.717) is 13.1 Å². The van der Waals surface area contributed by atoms with Crippen molar-refractivity contribution >= 4 is 23.2 Å². The number of aryl methyl sites for hydroxylation is 1. The van der Waals surface area contributed by atoms with Crippen molar-refractivity contribution in [1.29, 1.82) is 0 Å². The topological polar surface area (TPSA) is 73.0 Å². The molecule has 2 aromatic carbocycles. The van der Waals surface area contributed by atoms with E-state index < -0.39 is 0 Å². The van der Waals surface area contributed by atoms with E-state index in [1.54, 1.807) is 4.90 Å². The Hall–Kier alpha value is -3.28. The molecule has 6 nitrogen and oxygen atoms in total. The van der Waals surface area contributed by atoms with Crippen LogP contribution in [0.3, 0.4) is 0 Å². The first kappa shape index (κ1) is 15.3. The first-order valence-electron chi connectivity index (χ1n) is 8.20. The second-order valence-electron chi connectivity index (χ2n) is 6.12. The van der Waals surface area contributed by atoms with Gasteiger partial charge in [-0.15, -0.1) is 0 Å². The summed E-state index contributed by atoms with van der Waals surface area (Å²) in [5, 5.41) is 13.7. The zero-order valence-corrected chi connectivity index (χ0v) is 13.9. The minimum Gasteiger partial charge on any atom is -0.338 e. The van der Waals surface area contributed by atoms with Crippen molar-refractivity contribution in [3.05, 3.63) is 71.4 Å². The van der Waals surface area contributed by atoms with Gasteiger partial charge in [-0.1, -0.05) is 36.4 Å². The molecule has 0 saturated carbocycles. The van der Waals surface area contributed by atoms with Crippen LogP contribution in [0, 0.1) is 6.92 Å². The van der Waals surface area contributed by atoms with E-state index in [1.807, 2.05) is 48.5 Å². The molecule has 0 saturated heterocycles. The lowest BCUT2D eigenvalue weighted by atomic mass is 10.2. The van der Waals surface area contributed by atoms with Gasteiger partial charge in [0.05, 0.1) is 18.8 Å². The van der Waals surface area contributed by atoms with Crippen LogP contribution in [-0.4, -0.2) is 21.1 Å². The summed E-state index contributed by atoms with van der Waals surface area (Å²) in [5.74, 6) is 0.777. The first-order valence-corrected chi connectivity index (χ1v) is 8.20. The van der Waals surface area contributed by atoms with Gasteiger partial charge in [0.25, 0.3) is 0 Å². The SMILES string of the molecule is Cc1ccccc1Nc1n[nH]c2c1CN(C(=O)Nc1ccccc1)C2. The number of rotatable bonds is 3. The smallest absolute Gasteiger partial charge is 0.322 e. The van der Waals surface area contributed by atoms with Crippen molar-refractivity contribution < 1.29 is 4.79 Å². The maximum absolute atomic E-state index is 12.5. The molecule has 1 aromatic heterocycles. The highest BCUT2D eigenvalue weighted by Crippen LogP contribution is 2.30. The maximum Gasteiger partial charge on any atom is 0.322 e. The summed E-state index contributed by atoms with van der Waals surface area (Å²) < 4.78 is 0. The van der Waals surface area contributed by atoms with Crippen LogP contribution in [-0.2, 0) is 13.1 Å². The number of hydrogen-bond acceptors (Lipinski definition) is 3. The molecule has 0 bridgehead atoms. The molecule has 126 valence electrons. The van der Waals surface area contributed by atoms with Gasteiger partial charge in [-0.2, -0.15) is 5.10 Å². The Bertz CT molecular complexity index is 903. The highest BCUT2D eigenvalue weighted by molar-refractivity contribution is 5.89. The molecule has 4 rings (SSSR count). The summed E-state index contributed by atoms with van der Waals surface area (Å²) in [7, 11) is 0. The van der Waals surface area contributed by atoms with Gasteiger partial charge < -0.3 is 15.5 Å². The standard InChI is InChI=1S/C19H19N5O/c1-13-7-5-6-10-16(13)21-18-15-11-24(12-17(15)22-23-18)19(25)20-14-8-3-2-4-9-14/h2-10H,11-12H2,1H3,(H,20,25)(H2,21,22,23). The summed E-state index contributed by atoms with van der Waals surface area (Å²) in [6.07, 6.45) is 0. The highest BCUT2D eigenvalue weighted by atomic mass is 16.2. The van der Waals surface area contributed by atoms with Crippen molar-refractivity contribution in [2.75, 3.05) is 10.6 Å². The van der Waals surface area contributed by atoms with E-state index in [0.717, 1.165) is 34.0 Å². The van der Waals surface area contributed by atoms with Gasteiger partial charge in [0.2, 0.25) is 0 Å². The minimum atomic E-state index is -0.113. The molecule has 0 radical (unpaired) electrons. The maximum atomic E-state index is 12.5. The number of carbonyl (C=O) groups is 1. The molecule has 2 amide bonds. The fraction of sp³-hybridized carbons (Fsp3) is 0.158. The van der Waals surface area contributed by atoms with Gasteiger partial charge in [0.15, 0.2) is 5.82 Å². The van der Waals surface area contributed by atoms with Gasteiger partial charge in [0.1, 0.15) is 0 Å². The number of aromatic nitrogens is 2. The molecule has 0 aliphatic carbocycles. The number of hydrogen-bond donors (Lipinski definition) is 3. The molecule has 3 N–H and O–H groups in total. The molecular weight excluding hydrogens is 314 g/mol. The largest absolute Gasteiger partial charge is 0.338 e. The molecule has 2 heterocycles. The summed E-state index contributed by atoms with van der Waals surface area (Å²) in [4.78, 5) is 14.2. The number of anilines is 3. The molecule has 0 fully saturated rings. The number of carbonyl (C=O) groups excluding carboxylic acids is 1. The summed E-state index contributed by atoms with van der Waals surface area (Å²) in [6.45, 7) is 3.10. The lowest BCUT2D eigenvalue weighted by Crippen LogP contribution is -2.30.